The van der Waals surface area contributed by atoms with Gasteiger partial charge in [-0.1, -0.05) is 6.42 Å². The van der Waals surface area contributed by atoms with E-state index in [0.29, 0.717) is 17.9 Å². The lowest BCUT2D eigenvalue weighted by molar-refractivity contribution is -0.120. The van der Waals surface area contributed by atoms with Crippen molar-refractivity contribution in [1.82, 2.24) is 26.1 Å². The van der Waals surface area contributed by atoms with Crippen molar-refractivity contribution in [2.24, 2.45) is 11.8 Å². The second-order valence-electron chi connectivity index (χ2n) is 8.72. The molecule has 184 valence electrons. The molecule has 1 amide bonds. The van der Waals surface area contributed by atoms with Crippen molar-refractivity contribution in [3.63, 3.8) is 0 Å². The third kappa shape index (κ3) is 5.45. The first-order chi connectivity index (χ1) is 16.2. The number of hydrogen-bond donors (Lipinski definition) is 4. The number of benzene rings is 1. The Bertz CT molecular complexity index is 1130. The minimum Gasteiger partial charge on any atom is -0.490 e. The number of rotatable bonds is 7. The van der Waals surface area contributed by atoms with Crippen LogP contribution < -0.4 is 25.6 Å². The van der Waals surface area contributed by atoms with Crippen LogP contribution in [0.4, 0.5) is 10.2 Å². The Kier molecular flexibility index (Phi) is 7.29. The predicted molar refractivity (Wildman–Crippen MR) is 123 cm³/mol. The fraction of sp³-hybridized carbons (Fsp3) is 0.500. The van der Waals surface area contributed by atoms with Gasteiger partial charge in [0, 0.05) is 37.6 Å². The van der Waals surface area contributed by atoms with Crippen LogP contribution in [0.5, 0.6) is 5.75 Å². The van der Waals surface area contributed by atoms with Gasteiger partial charge in [0.25, 0.3) is 10.0 Å². The highest BCUT2D eigenvalue weighted by atomic mass is 32.2. The maximum Gasteiger partial charge on any atom is 0.265 e. The van der Waals surface area contributed by atoms with Crippen LogP contribution in [0.1, 0.15) is 38.2 Å². The molecule has 1 saturated heterocycles. The minimum absolute atomic E-state index is 0.0462. The molecule has 0 radical (unpaired) electrons. The average molecular weight is 493 g/mol. The van der Waals surface area contributed by atoms with E-state index in [4.69, 9.17) is 4.74 Å². The third-order valence-corrected chi connectivity index (χ3v) is 7.67. The van der Waals surface area contributed by atoms with E-state index in [1.54, 1.807) is 6.92 Å². The third-order valence-electron chi connectivity index (χ3n) is 6.30. The lowest BCUT2D eigenvalue weighted by Gasteiger charge is -2.37. The highest BCUT2D eigenvalue weighted by Crippen LogP contribution is 2.37. The van der Waals surface area contributed by atoms with Gasteiger partial charge in [-0.25, -0.2) is 28.2 Å². The SMILES string of the molecule is CC(=O)NC1NNCC1[C@H]1CCCC[C@@H]1Oc1cc(F)c(S(=O)(=O)Nc2ccncn2)cc1C. The van der Waals surface area contributed by atoms with Crippen LogP contribution in [-0.4, -0.2) is 43.1 Å². The summed E-state index contributed by atoms with van der Waals surface area (Å²) in [4.78, 5) is 18.7. The van der Waals surface area contributed by atoms with Crippen LogP contribution in [0, 0.1) is 24.6 Å². The minimum atomic E-state index is -4.19. The van der Waals surface area contributed by atoms with Gasteiger partial charge in [-0.15, -0.1) is 0 Å². The van der Waals surface area contributed by atoms with E-state index in [9.17, 15) is 17.6 Å². The predicted octanol–water partition coefficient (Wildman–Crippen LogP) is 1.85. The molecular formula is C22H29FN6O4S. The number of anilines is 1. The number of nitrogens with zero attached hydrogens (tertiary/aromatic N) is 2. The lowest BCUT2D eigenvalue weighted by Crippen LogP contribution is -2.50. The van der Waals surface area contributed by atoms with E-state index in [2.05, 4.69) is 30.9 Å². The fourth-order valence-corrected chi connectivity index (χ4v) is 5.86. The molecule has 4 rings (SSSR count). The summed E-state index contributed by atoms with van der Waals surface area (Å²) in [5, 5.41) is 2.93. The number of hydrogen-bond acceptors (Lipinski definition) is 8. The van der Waals surface area contributed by atoms with Gasteiger partial charge >= 0.3 is 0 Å². The summed E-state index contributed by atoms with van der Waals surface area (Å²) in [6.07, 6.45) is 5.93. The number of aromatic nitrogens is 2. The molecule has 2 heterocycles. The molecule has 2 unspecified atom stereocenters. The van der Waals surface area contributed by atoms with Crippen LogP contribution in [0.3, 0.4) is 0 Å². The number of amides is 1. The maximum absolute atomic E-state index is 15.0. The molecule has 4 atom stereocenters. The zero-order valence-electron chi connectivity index (χ0n) is 19.0. The van der Waals surface area contributed by atoms with Gasteiger partial charge in [-0.2, -0.15) is 0 Å². The smallest absolute Gasteiger partial charge is 0.265 e. The van der Waals surface area contributed by atoms with E-state index in [0.717, 1.165) is 31.7 Å². The first-order valence-corrected chi connectivity index (χ1v) is 12.7. The van der Waals surface area contributed by atoms with Gasteiger partial charge in [0.15, 0.2) is 0 Å². The number of nitrogens with one attached hydrogen (secondary N) is 4. The summed E-state index contributed by atoms with van der Waals surface area (Å²) in [5.74, 6) is -0.426. The highest BCUT2D eigenvalue weighted by Gasteiger charge is 2.40. The Hall–Kier alpha value is -2.83. The van der Waals surface area contributed by atoms with Crippen LogP contribution in [0.2, 0.25) is 0 Å². The Labute approximate surface area is 198 Å². The molecule has 2 aliphatic rings. The van der Waals surface area contributed by atoms with Gasteiger partial charge in [0.1, 0.15) is 34.7 Å². The topological polar surface area (TPSA) is 134 Å². The van der Waals surface area contributed by atoms with Crippen molar-refractivity contribution in [3.8, 4) is 5.75 Å². The quantitative estimate of drug-likeness (QED) is 0.460. The fourth-order valence-electron chi connectivity index (χ4n) is 4.71. The van der Waals surface area contributed by atoms with Gasteiger partial charge < -0.3 is 10.1 Å². The van der Waals surface area contributed by atoms with Crippen LogP contribution >= 0.6 is 0 Å². The van der Waals surface area contributed by atoms with Crippen molar-refractivity contribution in [2.45, 2.75) is 56.7 Å². The van der Waals surface area contributed by atoms with Crippen molar-refractivity contribution in [2.75, 3.05) is 11.3 Å². The highest BCUT2D eigenvalue weighted by molar-refractivity contribution is 7.92. The molecule has 10 nitrogen and oxygen atoms in total. The molecule has 4 N–H and O–H groups in total. The molecule has 1 saturated carbocycles. The molecule has 12 heteroatoms. The number of halogens is 1. The maximum atomic E-state index is 15.0. The number of ether oxygens (including phenoxy) is 1. The van der Waals surface area contributed by atoms with Gasteiger partial charge in [0.2, 0.25) is 5.91 Å². The van der Waals surface area contributed by atoms with Gasteiger partial charge in [0.05, 0.1) is 6.17 Å². The number of carbonyl (C=O) groups is 1. The molecular weight excluding hydrogens is 463 g/mol. The van der Waals surface area contributed by atoms with Crippen molar-refractivity contribution >= 4 is 21.7 Å². The molecule has 1 aliphatic heterocycles. The van der Waals surface area contributed by atoms with E-state index in [-0.39, 0.29) is 35.8 Å². The second-order valence-corrected chi connectivity index (χ2v) is 10.4. The molecule has 0 spiro atoms. The summed E-state index contributed by atoms with van der Waals surface area (Å²) in [6, 6.07) is 3.78. The first-order valence-electron chi connectivity index (χ1n) is 11.3. The monoisotopic (exact) mass is 492 g/mol. The van der Waals surface area contributed by atoms with E-state index in [1.807, 2.05) is 0 Å². The molecule has 0 bridgehead atoms. The Morgan fingerprint density at radius 2 is 2.03 bits per heavy atom. The van der Waals surface area contributed by atoms with Crippen molar-refractivity contribution < 1.29 is 22.3 Å². The molecule has 2 fully saturated rings. The standard InChI is InChI=1S/C22H29FN6O4S/c1-13-9-20(34(31,32)29-21-7-8-24-12-25-21)17(23)10-19(13)33-18-6-4-3-5-15(18)16-11-26-28-22(16)27-14(2)30/h7-10,12,15-16,18,22,26,28H,3-6,11H2,1-2H3,(H,27,30)(H,24,25,29)/t15-,16?,18+,22?/m1/s1. The second kappa shape index (κ2) is 10.2. The molecule has 34 heavy (non-hydrogen) atoms. The van der Waals surface area contributed by atoms with Crippen molar-refractivity contribution in [1.29, 1.82) is 0 Å². The Balaban J connectivity index is 1.54. The zero-order valence-corrected chi connectivity index (χ0v) is 19.9. The summed E-state index contributed by atoms with van der Waals surface area (Å²) in [7, 11) is -4.19. The molecule has 1 aromatic heterocycles. The summed E-state index contributed by atoms with van der Waals surface area (Å²) < 4.78 is 49.0. The molecule has 1 aromatic carbocycles. The van der Waals surface area contributed by atoms with E-state index >= 15 is 0 Å². The molecule has 2 aromatic rings. The first kappa shape index (κ1) is 24.3. The Morgan fingerprint density at radius 1 is 1.24 bits per heavy atom. The lowest BCUT2D eigenvalue weighted by atomic mass is 9.77. The van der Waals surface area contributed by atoms with Gasteiger partial charge in [-0.3, -0.25) is 14.9 Å². The van der Waals surface area contributed by atoms with Crippen molar-refractivity contribution in [3.05, 3.63) is 42.1 Å². The van der Waals surface area contributed by atoms with Crippen LogP contribution in [0.25, 0.3) is 0 Å². The van der Waals surface area contributed by atoms with Crippen LogP contribution in [-0.2, 0) is 14.8 Å². The van der Waals surface area contributed by atoms with Gasteiger partial charge in [-0.05, 0) is 43.9 Å². The molecule has 1 aliphatic carbocycles. The van der Waals surface area contributed by atoms with Crippen LogP contribution in [0.15, 0.2) is 35.6 Å². The zero-order chi connectivity index (χ0) is 24.3. The normalized spacial score (nSPS) is 25.0. The number of aryl methyl sites for hydroxylation is 1. The largest absolute Gasteiger partial charge is 0.490 e. The summed E-state index contributed by atoms with van der Waals surface area (Å²) in [5.41, 5.74) is 6.72. The number of hydrazine groups is 1. The number of sulfonamides is 1. The summed E-state index contributed by atoms with van der Waals surface area (Å²) in [6.45, 7) is 3.84. The number of carbonyl (C=O) groups excluding carboxylic acids is 1. The van der Waals surface area contributed by atoms with E-state index < -0.39 is 20.7 Å². The summed E-state index contributed by atoms with van der Waals surface area (Å²) >= 11 is 0. The Morgan fingerprint density at radius 3 is 2.76 bits per heavy atom. The van der Waals surface area contributed by atoms with E-state index in [1.165, 1.54) is 31.6 Å². The average Bonchev–Trinajstić information content (AvgIpc) is 3.24.